The Labute approximate surface area is 96.3 Å². The van der Waals surface area contributed by atoms with Crippen molar-refractivity contribution < 1.29 is 9.18 Å². The Hall–Kier alpha value is -1.16. The van der Waals surface area contributed by atoms with Gasteiger partial charge in [-0.15, -0.1) is 0 Å². The molecule has 0 aliphatic carbocycles. The lowest BCUT2D eigenvalue weighted by Gasteiger charge is -1.98. The van der Waals surface area contributed by atoms with Crippen LogP contribution in [-0.2, 0) is 4.79 Å². The van der Waals surface area contributed by atoms with Gasteiger partial charge in [-0.2, -0.15) is 0 Å². The fraction of sp³-hybridized carbons (Fsp3) is 0.182. The zero-order valence-corrected chi connectivity index (χ0v) is 9.84. The monoisotopic (exact) mass is 271 g/mol. The summed E-state index contributed by atoms with van der Waals surface area (Å²) in [6, 6.07) is 4.84. The van der Waals surface area contributed by atoms with Crippen LogP contribution in [0, 0.1) is 5.82 Å². The highest BCUT2D eigenvalue weighted by atomic mass is 79.9. The molecule has 2 nitrogen and oxygen atoms in total. The molecule has 0 aliphatic heterocycles. The van der Waals surface area contributed by atoms with Crippen molar-refractivity contribution >= 4 is 27.9 Å². The summed E-state index contributed by atoms with van der Waals surface area (Å²) in [5, 5.41) is 2.59. The minimum atomic E-state index is -0.288. The van der Waals surface area contributed by atoms with Gasteiger partial charge in [-0.3, -0.25) is 4.79 Å². The van der Waals surface area contributed by atoms with E-state index in [-0.39, 0.29) is 11.7 Å². The van der Waals surface area contributed by atoms with E-state index < -0.39 is 0 Å². The average molecular weight is 272 g/mol. The summed E-state index contributed by atoms with van der Waals surface area (Å²) >= 11 is 3.18. The number of amides is 1. The van der Waals surface area contributed by atoms with Crippen molar-refractivity contribution in [2.75, 3.05) is 6.54 Å². The molecule has 0 fully saturated rings. The lowest BCUT2D eigenvalue weighted by Crippen LogP contribution is -2.19. The van der Waals surface area contributed by atoms with Gasteiger partial charge in [0.2, 0.25) is 5.91 Å². The van der Waals surface area contributed by atoms with E-state index in [1.807, 2.05) is 0 Å². The molecule has 4 heteroatoms. The Kier molecular flexibility index (Phi) is 4.49. The standard InChI is InChI=1S/C11H11BrFNO/c1-8(15)14-6-2-3-9-4-5-10(12)7-11(9)13/h2-5,7H,6H2,1H3,(H,14,15). The van der Waals surface area contributed by atoms with Gasteiger partial charge in [0.1, 0.15) is 5.82 Å². The van der Waals surface area contributed by atoms with Crippen molar-refractivity contribution in [2.24, 2.45) is 0 Å². The molecule has 0 aromatic heterocycles. The molecule has 0 bridgehead atoms. The second kappa shape index (κ2) is 5.66. The Morgan fingerprint density at radius 1 is 1.60 bits per heavy atom. The van der Waals surface area contributed by atoms with Crippen molar-refractivity contribution in [3.8, 4) is 0 Å². The first-order chi connectivity index (χ1) is 7.09. The van der Waals surface area contributed by atoms with Crippen molar-refractivity contribution in [3.05, 3.63) is 40.1 Å². The molecule has 0 atom stereocenters. The molecular weight excluding hydrogens is 261 g/mol. The molecule has 0 aliphatic rings. The largest absolute Gasteiger partial charge is 0.353 e. The van der Waals surface area contributed by atoms with Gasteiger partial charge >= 0.3 is 0 Å². The Bertz CT molecular complexity index is 390. The topological polar surface area (TPSA) is 29.1 Å². The van der Waals surface area contributed by atoms with E-state index in [0.29, 0.717) is 16.6 Å². The van der Waals surface area contributed by atoms with Crippen LogP contribution in [-0.4, -0.2) is 12.5 Å². The molecule has 1 N–H and O–H groups in total. The van der Waals surface area contributed by atoms with Crippen LogP contribution in [0.2, 0.25) is 0 Å². The number of nitrogens with one attached hydrogen (secondary N) is 1. The molecule has 80 valence electrons. The van der Waals surface area contributed by atoms with Crippen LogP contribution in [0.15, 0.2) is 28.7 Å². The van der Waals surface area contributed by atoms with E-state index in [9.17, 15) is 9.18 Å². The quantitative estimate of drug-likeness (QED) is 0.900. The first kappa shape index (κ1) is 11.9. The minimum Gasteiger partial charge on any atom is -0.353 e. The van der Waals surface area contributed by atoms with Gasteiger partial charge in [0, 0.05) is 23.5 Å². The average Bonchev–Trinajstić information content (AvgIpc) is 2.14. The van der Waals surface area contributed by atoms with Crippen LogP contribution >= 0.6 is 15.9 Å². The van der Waals surface area contributed by atoms with Crippen LogP contribution in [0.1, 0.15) is 12.5 Å². The molecule has 15 heavy (non-hydrogen) atoms. The van der Waals surface area contributed by atoms with Gasteiger partial charge in [-0.05, 0) is 12.1 Å². The Morgan fingerprint density at radius 3 is 2.93 bits per heavy atom. The second-order valence-corrected chi connectivity index (χ2v) is 3.92. The van der Waals surface area contributed by atoms with Crippen molar-refractivity contribution in [3.63, 3.8) is 0 Å². The summed E-state index contributed by atoms with van der Waals surface area (Å²) in [6.45, 7) is 1.85. The molecule has 0 radical (unpaired) electrons. The van der Waals surface area contributed by atoms with E-state index in [2.05, 4.69) is 21.2 Å². The molecule has 1 rings (SSSR count). The summed E-state index contributed by atoms with van der Waals surface area (Å²) in [5.74, 6) is -0.389. The van der Waals surface area contributed by atoms with Crippen LogP contribution < -0.4 is 5.32 Å². The summed E-state index contributed by atoms with van der Waals surface area (Å²) < 4.78 is 14.0. The van der Waals surface area contributed by atoms with E-state index in [1.54, 1.807) is 24.3 Å². The molecular formula is C11H11BrFNO. The van der Waals surface area contributed by atoms with Crippen molar-refractivity contribution in [1.82, 2.24) is 5.32 Å². The molecule has 1 aromatic carbocycles. The zero-order chi connectivity index (χ0) is 11.3. The van der Waals surface area contributed by atoms with Crippen LogP contribution in [0.3, 0.4) is 0 Å². The molecule has 0 spiro atoms. The Morgan fingerprint density at radius 2 is 2.33 bits per heavy atom. The molecule has 0 saturated carbocycles. The van der Waals surface area contributed by atoms with E-state index in [4.69, 9.17) is 0 Å². The van der Waals surface area contributed by atoms with Gasteiger partial charge in [0.25, 0.3) is 0 Å². The van der Waals surface area contributed by atoms with Crippen molar-refractivity contribution in [1.29, 1.82) is 0 Å². The third-order valence-corrected chi connectivity index (χ3v) is 2.22. The molecule has 1 amide bonds. The predicted molar refractivity (Wildman–Crippen MR) is 61.8 cm³/mol. The van der Waals surface area contributed by atoms with Crippen LogP contribution in [0.25, 0.3) is 6.08 Å². The summed E-state index contributed by atoms with van der Waals surface area (Å²) in [5.41, 5.74) is 0.503. The maximum Gasteiger partial charge on any atom is 0.217 e. The number of carbonyl (C=O) groups excluding carboxylic acids is 1. The minimum absolute atomic E-state index is 0.101. The van der Waals surface area contributed by atoms with Gasteiger partial charge in [0.15, 0.2) is 0 Å². The zero-order valence-electron chi connectivity index (χ0n) is 8.26. The molecule has 0 heterocycles. The lowest BCUT2D eigenvalue weighted by molar-refractivity contribution is -0.118. The number of hydrogen-bond donors (Lipinski definition) is 1. The van der Waals surface area contributed by atoms with E-state index >= 15 is 0 Å². The smallest absolute Gasteiger partial charge is 0.217 e. The highest BCUT2D eigenvalue weighted by Gasteiger charge is 1.98. The van der Waals surface area contributed by atoms with Crippen molar-refractivity contribution in [2.45, 2.75) is 6.92 Å². The molecule has 0 unspecified atom stereocenters. The SMILES string of the molecule is CC(=O)NCC=Cc1ccc(Br)cc1F. The summed E-state index contributed by atoms with van der Waals surface area (Å²) in [4.78, 5) is 10.5. The predicted octanol–water partition coefficient (Wildman–Crippen LogP) is 2.74. The number of rotatable bonds is 3. The molecule has 1 aromatic rings. The number of halogens is 2. The fourth-order valence-corrected chi connectivity index (χ4v) is 1.36. The highest BCUT2D eigenvalue weighted by molar-refractivity contribution is 9.10. The normalized spacial score (nSPS) is 10.6. The van der Waals surface area contributed by atoms with Crippen LogP contribution in [0.4, 0.5) is 4.39 Å². The van der Waals surface area contributed by atoms with E-state index in [1.165, 1.54) is 13.0 Å². The second-order valence-electron chi connectivity index (χ2n) is 3.01. The highest BCUT2D eigenvalue weighted by Crippen LogP contribution is 2.16. The summed E-state index contributed by atoms with van der Waals surface area (Å²) in [7, 11) is 0. The van der Waals surface area contributed by atoms with Gasteiger partial charge in [-0.1, -0.05) is 34.1 Å². The first-order valence-electron chi connectivity index (χ1n) is 4.45. The number of benzene rings is 1. The third kappa shape index (κ3) is 4.25. The first-order valence-corrected chi connectivity index (χ1v) is 5.25. The van der Waals surface area contributed by atoms with Gasteiger partial charge in [0.05, 0.1) is 0 Å². The third-order valence-electron chi connectivity index (χ3n) is 1.73. The van der Waals surface area contributed by atoms with Crippen LogP contribution in [0.5, 0.6) is 0 Å². The van der Waals surface area contributed by atoms with E-state index in [0.717, 1.165) is 0 Å². The molecule has 0 saturated heterocycles. The fourth-order valence-electron chi connectivity index (χ4n) is 1.03. The van der Waals surface area contributed by atoms with Gasteiger partial charge in [-0.25, -0.2) is 4.39 Å². The number of carbonyl (C=O) groups is 1. The maximum atomic E-state index is 13.3. The Balaban J connectivity index is 2.60. The maximum absolute atomic E-state index is 13.3. The summed E-state index contributed by atoms with van der Waals surface area (Å²) in [6.07, 6.45) is 3.34. The number of hydrogen-bond acceptors (Lipinski definition) is 1. The lowest BCUT2D eigenvalue weighted by atomic mass is 10.2. The van der Waals surface area contributed by atoms with Gasteiger partial charge < -0.3 is 5.32 Å².